The van der Waals surface area contributed by atoms with E-state index in [1.807, 2.05) is 6.92 Å². The Morgan fingerprint density at radius 2 is 1.82 bits per heavy atom. The van der Waals surface area contributed by atoms with Crippen LogP contribution in [0.1, 0.15) is 52.4 Å². The zero-order valence-electron chi connectivity index (χ0n) is 13.5. The molecule has 4 nitrogen and oxygen atoms in total. The predicted octanol–water partition coefficient (Wildman–Crippen LogP) is 3.33. The van der Waals surface area contributed by atoms with E-state index in [2.05, 4.69) is 12.2 Å². The quantitative estimate of drug-likeness (QED) is 0.671. The van der Waals surface area contributed by atoms with Crippen LogP contribution < -0.4 is 5.32 Å². The molecule has 1 atom stereocenters. The summed E-state index contributed by atoms with van der Waals surface area (Å²) in [7, 11) is -3.38. The van der Waals surface area contributed by atoms with Crippen LogP contribution in [0.3, 0.4) is 0 Å². The molecule has 22 heavy (non-hydrogen) atoms. The second kappa shape index (κ2) is 9.62. The van der Waals surface area contributed by atoms with Crippen molar-refractivity contribution in [3.63, 3.8) is 0 Å². The minimum Gasteiger partial charge on any atom is -0.354 e. The van der Waals surface area contributed by atoms with E-state index in [0.717, 1.165) is 12.8 Å². The van der Waals surface area contributed by atoms with Gasteiger partial charge in [-0.1, -0.05) is 50.8 Å². The zero-order chi connectivity index (χ0) is 16.4. The molecule has 1 rings (SSSR count). The van der Waals surface area contributed by atoms with Gasteiger partial charge in [-0.05, 0) is 25.5 Å². The molecule has 1 aromatic rings. The molecule has 0 saturated carbocycles. The van der Waals surface area contributed by atoms with Crippen LogP contribution in [0.4, 0.5) is 0 Å². The molecule has 0 aliphatic heterocycles. The first kappa shape index (κ1) is 18.7. The van der Waals surface area contributed by atoms with E-state index in [-0.39, 0.29) is 29.0 Å². The number of hydrogen-bond donors (Lipinski definition) is 1. The molecule has 1 unspecified atom stereocenters. The lowest BCUT2D eigenvalue weighted by molar-refractivity contribution is -0.121. The fraction of sp³-hybridized carbons (Fsp3) is 0.588. The summed E-state index contributed by atoms with van der Waals surface area (Å²) in [5.41, 5.74) is 0. The highest BCUT2D eigenvalue weighted by atomic mass is 32.2. The number of carbonyl (C=O) groups is 1. The maximum atomic E-state index is 12.1. The normalized spacial score (nSPS) is 12.8. The average molecular weight is 325 g/mol. The third-order valence-corrected chi connectivity index (χ3v) is 5.33. The number of carbonyl (C=O) groups excluding carboxylic acids is 1. The summed E-state index contributed by atoms with van der Waals surface area (Å²) in [6.07, 6.45) is 5.64. The van der Waals surface area contributed by atoms with Crippen LogP contribution in [0.5, 0.6) is 0 Å². The van der Waals surface area contributed by atoms with Crippen LogP contribution in [-0.4, -0.2) is 26.1 Å². The minimum atomic E-state index is -3.38. The maximum absolute atomic E-state index is 12.1. The number of hydrogen-bond acceptors (Lipinski definition) is 3. The molecule has 0 aliphatic rings. The summed E-state index contributed by atoms with van der Waals surface area (Å²) >= 11 is 0. The Hall–Kier alpha value is -1.36. The van der Waals surface area contributed by atoms with E-state index in [1.54, 1.807) is 30.3 Å². The van der Waals surface area contributed by atoms with Crippen molar-refractivity contribution >= 4 is 15.7 Å². The standard InChI is InChI=1S/C17H27NO3S/c1-3-4-5-7-10-15(2)18-17(19)13-14-22(20,21)16-11-8-6-9-12-16/h6,8-9,11-12,15H,3-5,7,10,13-14H2,1-2H3,(H,18,19). The zero-order valence-corrected chi connectivity index (χ0v) is 14.4. The number of rotatable bonds is 10. The molecule has 0 aliphatic carbocycles. The molecule has 0 fully saturated rings. The Kier molecular flexibility index (Phi) is 8.17. The largest absolute Gasteiger partial charge is 0.354 e. The first-order valence-electron chi connectivity index (χ1n) is 8.03. The van der Waals surface area contributed by atoms with Crippen molar-refractivity contribution in [3.05, 3.63) is 30.3 Å². The van der Waals surface area contributed by atoms with E-state index in [4.69, 9.17) is 0 Å². The highest BCUT2D eigenvalue weighted by Gasteiger charge is 2.16. The van der Waals surface area contributed by atoms with Gasteiger partial charge in [0.05, 0.1) is 10.6 Å². The summed E-state index contributed by atoms with van der Waals surface area (Å²) in [6.45, 7) is 4.13. The van der Waals surface area contributed by atoms with Crippen LogP contribution >= 0.6 is 0 Å². The topological polar surface area (TPSA) is 63.2 Å². The van der Waals surface area contributed by atoms with Crippen molar-refractivity contribution in [2.75, 3.05) is 5.75 Å². The van der Waals surface area contributed by atoms with Crippen molar-refractivity contribution in [1.29, 1.82) is 0 Å². The molecule has 0 aromatic heterocycles. The van der Waals surface area contributed by atoms with E-state index in [1.165, 1.54) is 19.3 Å². The SMILES string of the molecule is CCCCCCC(C)NC(=O)CCS(=O)(=O)c1ccccc1. The lowest BCUT2D eigenvalue weighted by atomic mass is 10.1. The Morgan fingerprint density at radius 1 is 1.14 bits per heavy atom. The van der Waals surface area contributed by atoms with Gasteiger partial charge in [0.25, 0.3) is 0 Å². The van der Waals surface area contributed by atoms with E-state index < -0.39 is 9.84 Å². The van der Waals surface area contributed by atoms with Crippen LogP contribution in [0, 0.1) is 0 Å². The molecule has 1 N–H and O–H groups in total. The lowest BCUT2D eigenvalue weighted by Gasteiger charge is -2.13. The summed E-state index contributed by atoms with van der Waals surface area (Å²) in [5, 5.41) is 2.88. The molecule has 0 spiro atoms. The average Bonchev–Trinajstić information content (AvgIpc) is 2.51. The molecule has 5 heteroatoms. The molecule has 0 radical (unpaired) electrons. The number of nitrogens with one attached hydrogen (secondary N) is 1. The van der Waals surface area contributed by atoms with Crippen LogP contribution in [-0.2, 0) is 14.6 Å². The molecule has 0 bridgehead atoms. The fourth-order valence-electron chi connectivity index (χ4n) is 2.27. The number of unbranched alkanes of at least 4 members (excludes halogenated alkanes) is 3. The highest BCUT2D eigenvalue weighted by molar-refractivity contribution is 7.91. The van der Waals surface area contributed by atoms with Crippen molar-refractivity contribution in [3.8, 4) is 0 Å². The monoisotopic (exact) mass is 325 g/mol. The Bertz CT molecular complexity index is 540. The summed E-state index contributed by atoms with van der Waals surface area (Å²) < 4.78 is 24.2. The Labute approximate surface area is 134 Å². The first-order chi connectivity index (χ1) is 10.5. The Morgan fingerprint density at radius 3 is 2.45 bits per heavy atom. The predicted molar refractivity (Wildman–Crippen MR) is 89.5 cm³/mol. The fourth-order valence-corrected chi connectivity index (χ4v) is 3.53. The highest BCUT2D eigenvalue weighted by Crippen LogP contribution is 2.11. The Balaban J connectivity index is 2.33. The van der Waals surface area contributed by atoms with Crippen LogP contribution in [0.25, 0.3) is 0 Å². The van der Waals surface area contributed by atoms with Crippen molar-refractivity contribution in [2.45, 2.75) is 63.3 Å². The molecule has 0 heterocycles. The minimum absolute atomic E-state index is 0.0104. The maximum Gasteiger partial charge on any atom is 0.221 e. The molecule has 1 amide bonds. The van der Waals surface area contributed by atoms with Gasteiger partial charge in [-0.15, -0.1) is 0 Å². The second-order valence-corrected chi connectivity index (χ2v) is 7.81. The van der Waals surface area contributed by atoms with Gasteiger partial charge in [0.2, 0.25) is 5.91 Å². The van der Waals surface area contributed by atoms with Gasteiger partial charge in [0.15, 0.2) is 9.84 Å². The van der Waals surface area contributed by atoms with E-state index in [9.17, 15) is 13.2 Å². The van der Waals surface area contributed by atoms with E-state index in [0.29, 0.717) is 0 Å². The van der Waals surface area contributed by atoms with Crippen molar-refractivity contribution in [1.82, 2.24) is 5.32 Å². The van der Waals surface area contributed by atoms with Gasteiger partial charge in [-0.25, -0.2) is 8.42 Å². The third-order valence-electron chi connectivity index (χ3n) is 3.60. The first-order valence-corrected chi connectivity index (χ1v) is 9.68. The third kappa shape index (κ3) is 7.07. The summed E-state index contributed by atoms with van der Waals surface area (Å²) in [5.74, 6) is -0.340. The van der Waals surface area contributed by atoms with Crippen LogP contribution in [0.2, 0.25) is 0 Å². The van der Waals surface area contributed by atoms with Crippen molar-refractivity contribution in [2.24, 2.45) is 0 Å². The van der Waals surface area contributed by atoms with Gasteiger partial charge in [-0.3, -0.25) is 4.79 Å². The van der Waals surface area contributed by atoms with Gasteiger partial charge in [0, 0.05) is 12.5 Å². The number of sulfone groups is 1. The smallest absolute Gasteiger partial charge is 0.221 e. The molecule has 1 aromatic carbocycles. The number of amides is 1. The van der Waals surface area contributed by atoms with Gasteiger partial charge in [0.1, 0.15) is 0 Å². The van der Waals surface area contributed by atoms with Crippen molar-refractivity contribution < 1.29 is 13.2 Å². The second-order valence-electron chi connectivity index (χ2n) is 5.70. The lowest BCUT2D eigenvalue weighted by Crippen LogP contribution is -2.33. The summed E-state index contributed by atoms with van der Waals surface area (Å²) in [6, 6.07) is 8.36. The molecular formula is C17H27NO3S. The molecular weight excluding hydrogens is 298 g/mol. The van der Waals surface area contributed by atoms with E-state index >= 15 is 0 Å². The number of benzene rings is 1. The molecule has 124 valence electrons. The van der Waals surface area contributed by atoms with Gasteiger partial charge in [-0.2, -0.15) is 0 Å². The summed E-state index contributed by atoms with van der Waals surface area (Å²) in [4.78, 5) is 12.1. The van der Waals surface area contributed by atoms with Gasteiger partial charge >= 0.3 is 0 Å². The van der Waals surface area contributed by atoms with Gasteiger partial charge < -0.3 is 5.32 Å². The van der Waals surface area contributed by atoms with Crippen LogP contribution in [0.15, 0.2) is 35.2 Å². The molecule has 0 saturated heterocycles.